The third-order valence-corrected chi connectivity index (χ3v) is 19.6. The van der Waals surface area contributed by atoms with Crippen molar-refractivity contribution in [2.75, 3.05) is 38.5 Å². The molecule has 6 aromatic heterocycles. The highest BCUT2D eigenvalue weighted by Gasteiger charge is 2.50. The van der Waals surface area contributed by atoms with E-state index in [1.54, 1.807) is 28.3 Å². The average Bonchev–Trinajstić information content (AvgIpc) is 4.05. The molecule has 2 aliphatic heterocycles. The van der Waals surface area contributed by atoms with E-state index in [9.17, 15) is 20.0 Å². The van der Waals surface area contributed by atoms with E-state index in [0.717, 1.165) is 133 Å². The number of thiophene rings is 1. The van der Waals surface area contributed by atoms with E-state index in [4.69, 9.17) is 29.7 Å². The van der Waals surface area contributed by atoms with Gasteiger partial charge in [0, 0.05) is 59.1 Å². The van der Waals surface area contributed by atoms with Crippen molar-refractivity contribution >= 4 is 50.8 Å². The lowest BCUT2D eigenvalue weighted by Crippen LogP contribution is -2.50. The molecule has 4 N–H and O–H groups in total. The summed E-state index contributed by atoms with van der Waals surface area (Å²) in [5.74, 6) is 1.39. The Morgan fingerprint density at radius 3 is 2.53 bits per heavy atom. The average molecular weight is 1120 g/mol. The summed E-state index contributed by atoms with van der Waals surface area (Å²) in [5, 5.41) is 41.0. The fraction of sp³-hybridized carbons (Fsp3) is 0.509. The normalized spacial score (nSPS) is 21.8. The lowest BCUT2D eigenvalue weighted by Gasteiger charge is -2.39. The van der Waals surface area contributed by atoms with E-state index in [-0.39, 0.29) is 42.2 Å². The van der Waals surface area contributed by atoms with Crippen molar-refractivity contribution in [1.29, 1.82) is 5.26 Å². The Balaban J connectivity index is 0.692. The molecule has 2 saturated heterocycles. The Labute approximate surface area is 470 Å². The number of hydrogen-bond acceptors (Lipinski definition) is 19. The zero-order chi connectivity index (χ0) is 54.8. The van der Waals surface area contributed by atoms with Crippen LogP contribution in [0.1, 0.15) is 148 Å². The number of fused-ring (bicyclic) bond motifs is 4. The minimum absolute atomic E-state index is 0.0419. The first-order chi connectivity index (χ1) is 38.1. The molecule has 19 nitrogen and oxygen atoms in total. The third kappa shape index (κ3) is 10.3. The summed E-state index contributed by atoms with van der Waals surface area (Å²) >= 11 is 4.48. The number of nitrogens with two attached hydrogens (primary N) is 1. The van der Waals surface area contributed by atoms with Crippen LogP contribution in [-0.2, 0) is 27.8 Å². The zero-order valence-electron chi connectivity index (χ0n) is 45.1. The van der Waals surface area contributed by atoms with Gasteiger partial charge >= 0.3 is 0 Å². The molecule has 3 fully saturated rings. The molecule has 0 unspecified atom stereocenters. The van der Waals surface area contributed by atoms with Gasteiger partial charge in [-0.1, -0.05) is 66.7 Å². The van der Waals surface area contributed by atoms with Crippen LogP contribution in [0.15, 0.2) is 58.1 Å². The van der Waals surface area contributed by atoms with Crippen molar-refractivity contribution in [2.45, 2.75) is 141 Å². The number of β-amino-alcohol motifs (C(OH)–C–C–N with tert-alkyl or cyclic N) is 1. The van der Waals surface area contributed by atoms with Gasteiger partial charge in [0.05, 0.1) is 57.6 Å². The van der Waals surface area contributed by atoms with Crippen molar-refractivity contribution in [3.8, 4) is 45.0 Å². The summed E-state index contributed by atoms with van der Waals surface area (Å²) in [6.45, 7) is 13.0. The van der Waals surface area contributed by atoms with Gasteiger partial charge < -0.3 is 40.0 Å². The number of anilines is 1. The molecular weight excluding hydrogens is 1060 g/mol. The monoisotopic (exact) mass is 1120 g/mol. The van der Waals surface area contributed by atoms with E-state index in [0.29, 0.717) is 45.6 Å². The van der Waals surface area contributed by atoms with Crippen LogP contribution in [-0.4, -0.2) is 112 Å². The number of piperidine rings is 1. The Kier molecular flexibility index (Phi) is 14.2. The number of aliphatic hydroxyl groups excluding tert-OH is 1. The minimum atomic E-state index is -0.836. The first-order valence-electron chi connectivity index (χ1n) is 27.4. The summed E-state index contributed by atoms with van der Waals surface area (Å²) in [6, 6.07) is 10.3. The lowest BCUT2D eigenvalue weighted by atomic mass is 9.63. The third-order valence-electron chi connectivity index (χ3n) is 16.9. The topological polar surface area (TPSA) is 249 Å². The lowest BCUT2D eigenvalue weighted by molar-refractivity contribution is -0.144. The molecule has 3 aliphatic carbocycles. The highest BCUT2D eigenvalue weighted by Crippen LogP contribution is 2.55. The number of carbonyl (C=O) groups is 2. The molecule has 5 atom stereocenters. The number of thiazole rings is 2. The van der Waals surface area contributed by atoms with Crippen LogP contribution in [0.5, 0.6) is 17.0 Å². The maximum atomic E-state index is 14.7. The van der Waals surface area contributed by atoms with Crippen LogP contribution >= 0.6 is 34.0 Å². The van der Waals surface area contributed by atoms with Gasteiger partial charge in [-0.15, -0.1) is 27.8 Å². The standard InChI is InChI=1S/C57H65N13O6S3/c1-32(34-10-12-36(13-11-34)47-33(2)61-31-78-47)62-52(72)41-24-37(71)27-69(41)53(73)48(55(3,4)5)70-28-40(65-67-70)35-14-21-68(22-15-35)29-56(18-19-56)30-74-43-25-44(75-54-60-20-23-77-54)64-51(63-43)46-38-8-6-16-57(49(38)76-66-46)17-7-9-42-45(57)39(26-58)50(59)79-42/h10-13,20,23,25,28,31-32,35,37,41,48,71H,6-9,14-19,21-22,24,27,29-30,59H2,1-5H3,(H,62,72)/t32-,37+,41-,48+,57-/m0/s1. The fourth-order valence-corrected chi connectivity index (χ4v) is 15.1. The quantitative estimate of drug-likeness (QED) is 0.0865. The van der Waals surface area contributed by atoms with Gasteiger partial charge in [-0.05, 0) is 113 Å². The summed E-state index contributed by atoms with van der Waals surface area (Å²) in [5.41, 5.74) is 14.0. The number of nitrogens with one attached hydrogen (secondary N) is 1. The number of amides is 2. The number of carbonyl (C=O) groups excluding carboxylic acids is 2. The Bertz CT molecular complexity index is 3410. The van der Waals surface area contributed by atoms with Gasteiger partial charge in [0.25, 0.3) is 5.19 Å². The number of nitriles is 1. The van der Waals surface area contributed by atoms with Gasteiger partial charge in [0.15, 0.2) is 17.3 Å². The number of benzene rings is 1. The SMILES string of the molecule is Cc1ncsc1-c1ccc([C@H](C)NC(=O)[C@@H]2C[C@@H](O)CN2C(=O)[C@@H](n2cc(C3CCN(CC4(COc5cc(Oc6nccs6)nc(-c6noc7c6CCC[C@@]76CCCc7sc(N)c(C#N)c76)n5)CC4)CC3)nn2)C(C)(C)C)cc1. The molecule has 2 amide bonds. The van der Waals surface area contributed by atoms with E-state index in [2.05, 4.69) is 41.7 Å². The van der Waals surface area contributed by atoms with Crippen LogP contribution in [0, 0.1) is 29.1 Å². The van der Waals surface area contributed by atoms with E-state index in [1.807, 2.05) is 76.0 Å². The van der Waals surface area contributed by atoms with Crippen molar-refractivity contribution < 1.29 is 28.7 Å². The number of rotatable bonds is 15. The number of nitrogens with zero attached hydrogens (tertiary/aromatic N) is 11. The van der Waals surface area contributed by atoms with Crippen LogP contribution < -0.4 is 20.5 Å². The summed E-state index contributed by atoms with van der Waals surface area (Å²) < 4.78 is 20.8. The molecule has 1 aromatic carbocycles. The number of aromatic nitrogens is 8. The van der Waals surface area contributed by atoms with E-state index < -0.39 is 29.0 Å². The van der Waals surface area contributed by atoms with Crippen molar-refractivity contribution in [3.05, 3.63) is 97.9 Å². The molecule has 79 heavy (non-hydrogen) atoms. The second-order valence-corrected chi connectivity index (χ2v) is 26.2. The van der Waals surface area contributed by atoms with Crippen molar-refractivity contribution in [3.63, 3.8) is 0 Å². The van der Waals surface area contributed by atoms with Gasteiger partial charge in [-0.3, -0.25) is 9.59 Å². The molecule has 1 spiro atoms. The molecular formula is C57H65N13O6S3. The number of nitrogen functional groups attached to an aromatic ring is 1. The van der Waals surface area contributed by atoms with Crippen LogP contribution in [0.25, 0.3) is 22.0 Å². The molecule has 7 aromatic rings. The maximum Gasteiger partial charge on any atom is 0.279 e. The van der Waals surface area contributed by atoms with Crippen molar-refractivity contribution in [1.82, 2.24) is 55.2 Å². The van der Waals surface area contributed by atoms with Gasteiger partial charge in [-0.25, -0.2) is 14.6 Å². The highest BCUT2D eigenvalue weighted by atomic mass is 32.1. The molecule has 22 heteroatoms. The molecule has 0 bridgehead atoms. The second kappa shape index (κ2) is 21.1. The zero-order valence-corrected chi connectivity index (χ0v) is 47.6. The molecule has 12 rings (SSSR count). The first-order valence-corrected chi connectivity index (χ1v) is 30.0. The molecule has 1 saturated carbocycles. The van der Waals surface area contributed by atoms with Gasteiger partial charge in [-0.2, -0.15) is 15.2 Å². The Hall–Kier alpha value is -6.64. The number of likely N-dealkylation sites (tertiary alicyclic amines) is 2. The number of aliphatic hydroxyl groups is 1. The fourth-order valence-electron chi connectivity index (χ4n) is 12.7. The van der Waals surface area contributed by atoms with Crippen molar-refractivity contribution in [2.24, 2.45) is 10.8 Å². The summed E-state index contributed by atoms with van der Waals surface area (Å²) in [6.07, 6.45) is 11.9. The number of hydrogen-bond donors (Lipinski definition) is 3. The minimum Gasteiger partial charge on any atom is -0.477 e. The smallest absolute Gasteiger partial charge is 0.279 e. The predicted octanol–water partition coefficient (Wildman–Crippen LogP) is 9.34. The number of aryl methyl sites for hydroxylation is 2. The molecule has 8 heterocycles. The molecule has 0 radical (unpaired) electrons. The second-order valence-electron chi connectivity index (χ2n) is 23.4. The van der Waals surface area contributed by atoms with E-state index >= 15 is 0 Å². The first kappa shape index (κ1) is 53.0. The maximum absolute atomic E-state index is 14.7. The van der Waals surface area contributed by atoms with Crippen LogP contribution in [0.4, 0.5) is 5.00 Å². The number of ether oxygens (including phenoxy) is 2. The summed E-state index contributed by atoms with van der Waals surface area (Å²) in [7, 11) is 0. The predicted molar refractivity (Wildman–Crippen MR) is 299 cm³/mol. The summed E-state index contributed by atoms with van der Waals surface area (Å²) in [4.78, 5) is 53.5. The van der Waals surface area contributed by atoms with Crippen LogP contribution in [0.3, 0.4) is 0 Å². The largest absolute Gasteiger partial charge is 0.477 e. The van der Waals surface area contributed by atoms with Crippen LogP contribution in [0.2, 0.25) is 0 Å². The molecule has 5 aliphatic rings. The van der Waals surface area contributed by atoms with Gasteiger partial charge in [0.1, 0.15) is 23.2 Å². The Morgan fingerprint density at radius 1 is 1.05 bits per heavy atom. The Morgan fingerprint density at radius 2 is 1.82 bits per heavy atom. The highest BCUT2D eigenvalue weighted by molar-refractivity contribution is 7.16. The molecule has 412 valence electrons. The van der Waals surface area contributed by atoms with E-state index in [1.165, 1.54) is 27.6 Å². The van der Waals surface area contributed by atoms with Gasteiger partial charge in [0.2, 0.25) is 23.6 Å².